The van der Waals surface area contributed by atoms with Crippen molar-refractivity contribution in [2.75, 3.05) is 26.2 Å². The third kappa shape index (κ3) is 3.68. The normalized spacial score (nSPS) is 33.5. The van der Waals surface area contributed by atoms with E-state index in [1.165, 1.54) is 6.07 Å². The van der Waals surface area contributed by atoms with Gasteiger partial charge in [-0.1, -0.05) is 12.2 Å². The Bertz CT molecular complexity index is 1190. The average Bonchev–Trinajstić information content (AvgIpc) is 3.53. The largest absolute Gasteiger partial charge is 0.346 e. The summed E-state index contributed by atoms with van der Waals surface area (Å²) in [6.07, 6.45) is 10.0. The second-order valence-corrected chi connectivity index (χ2v) is 10.1. The zero-order valence-corrected chi connectivity index (χ0v) is 19.8. The number of alkyl halides is 1. The predicted molar refractivity (Wildman–Crippen MR) is 130 cm³/mol. The lowest BCUT2D eigenvalue weighted by atomic mass is 9.90. The summed E-state index contributed by atoms with van der Waals surface area (Å²) in [6.45, 7) is 6.25. The first kappa shape index (κ1) is 22.1. The molecule has 0 aliphatic carbocycles. The van der Waals surface area contributed by atoms with E-state index < -0.39 is 23.9 Å². The maximum Gasteiger partial charge on any atom is 0.232 e. The van der Waals surface area contributed by atoms with E-state index in [1.807, 2.05) is 40.4 Å². The van der Waals surface area contributed by atoms with Gasteiger partial charge in [-0.3, -0.25) is 9.78 Å². The van der Waals surface area contributed by atoms with Crippen LogP contribution < -0.4 is 0 Å². The highest BCUT2D eigenvalue weighted by molar-refractivity contribution is 6.00. The highest BCUT2D eigenvalue weighted by Crippen LogP contribution is 2.41. The molecule has 0 radical (unpaired) electrons. The van der Waals surface area contributed by atoms with E-state index in [0.717, 1.165) is 13.1 Å². The van der Waals surface area contributed by atoms with Crippen molar-refractivity contribution in [3.05, 3.63) is 60.5 Å². The van der Waals surface area contributed by atoms with Crippen molar-refractivity contribution < 1.29 is 13.6 Å². The van der Waals surface area contributed by atoms with Gasteiger partial charge in [0.1, 0.15) is 11.5 Å². The highest BCUT2D eigenvalue weighted by atomic mass is 19.1. The van der Waals surface area contributed by atoms with Crippen molar-refractivity contribution in [1.82, 2.24) is 19.7 Å². The van der Waals surface area contributed by atoms with E-state index in [-0.39, 0.29) is 17.6 Å². The van der Waals surface area contributed by atoms with Gasteiger partial charge >= 0.3 is 0 Å². The first-order chi connectivity index (χ1) is 16.9. The Morgan fingerprint density at radius 1 is 1.14 bits per heavy atom. The molecular formula is C26H28F2N6O. The van der Waals surface area contributed by atoms with Gasteiger partial charge in [0.15, 0.2) is 6.17 Å². The molecule has 0 saturated carbocycles. The van der Waals surface area contributed by atoms with Crippen molar-refractivity contribution in [2.24, 2.45) is 27.7 Å². The van der Waals surface area contributed by atoms with Crippen LogP contribution in [0.5, 0.6) is 0 Å². The summed E-state index contributed by atoms with van der Waals surface area (Å²) in [4.78, 5) is 33.0. The molecule has 7 nitrogen and oxygen atoms in total. The van der Waals surface area contributed by atoms with Crippen LogP contribution in [0.1, 0.15) is 19.5 Å². The second-order valence-electron chi connectivity index (χ2n) is 10.1. The van der Waals surface area contributed by atoms with Gasteiger partial charge in [0.25, 0.3) is 0 Å². The number of hydrogen-bond acceptors (Lipinski definition) is 6. The fourth-order valence-electron chi connectivity index (χ4n) is 5.98. The molecule has 5 aliphatic rings. The molecule has 9 heteroatoms. The summed E-state index contributed by atoms with van der Waals surface area (Å²) in [5, 5.41) is 0. The molecule has 6 atom stereocenters. The highest BCUT2D eigenvalue weighted by Gasteiger charge is 2.48. The number of carbonyl (C=O) groups excluding carboxylic acids is 1. The topological polar surface area (TPSA) is 64.4 Å². The van der Waals surface area contributed by atoms with E-state index in [4.69, 9.17) is 0 Å². The average molecular weight is 479 g/mol. The van der Waals surface area contributed by atoms with E-state index >= 15 is 0 Å². The van der Waals surface area contributed by atoms with Crippen LogP contribution in [-0.4, -0.2) is 81.7 Å². The molecule has 6 heterocycles. The zero-order chi connectivity index (χ0) is 24.3. The Morgan fingerprint density at radius 2 is 1.91 bits per heavy atom. The molecule has 35 heavy (non-hydrogen) atoms. The van der Waals surface area contributed by atoms with Crippen LogP contribution in [0.25, 0.3) is 5.57 Å². The molecule has 1 amide bonds. The summed E-state index contributed by atoms with van der Waals surface area (Å²) >= 11 is 0. The Labute approximate surface area is 203 Å². The monoisotopic (exact) mass is 478 g/mol. The van der Waals surface area contributed by atoms with Crippen molar-refractivity contribution in [3.63, 3.8) is 0 Å². The number of aliphatic imine (C=N–C) groups is 2. The molecule has 0 spiro atoms. The second kappa shape index (κ2) is 8.39. The van der Waals surface area contributed by atoms with Gasteiger partial charge in [0.2, 0.25) is 11.9 Å². The number of rotatable bonds is 2. The quantitative estimate of drug-likeness (QED) is 0.656. The SMILES string of the molecule is CC1=NC(N2C[C@H]3CN(C(=O)C4C(c5ncccc5F)=CN5C=CC=CC45)C[C@H]3C2)=NC(C)C1F. The van der Waals surface area contributed by atoms with Crippen molar-refractivity contribution in [3.8, 4) is 0 Å². The van der Waals surface area contributed by atoms with Crippen LogP contribution in [0.15, 0.2) is 58.9 Å². The lowest BCUT2D eigenvalue weighted by Crippen LogP contribution is -2.43. The Kier molecular flexibility index (Phi) is 5.30. The molecular weight excluding hydrogens is 450 g/mol. The van der Waals surface area contributed by atoms with Gasteiger partial charge in [0.05, 0.1) is 23.7 Å². The Balaban J connectivity index is 1.20. The minimum Gasteiger partial charge on any atom is -0.346 e. The van der Waals surface area contributed by atoms with E-state index in [2.05, 4.69) is 19.9 Å². The summed E-state index contributed by atoms with van der Waals surface area (Å²) in [7, 11) is 0. The number of guanidine groups is 1. The first-order valence-corrected chi connectivity index (χ1v) is 12.2. The van der Waals surface area contributed by atoms with Gasteiger partial charge in [-0.15, -0.1) is 0 Å². The van der Waals surface area contributed by atoms with Crippen LogP contribution in [0.4, 0.5) is 8.78 Å². The first-order valence-electron chi connectivity index (χ1n) is 12.2. The number of likely N-dealkylation sites (tertiary alicyclic amines) is 2. The lowest BCUT2D eigenvalue weighted by molar-refractivity contribution is -0.133. The number of fused-ring (bicyclic) bond motifs is 2. The molecule has 0 N–H and O–H groups in total. The number of aromatic nitrogens is 1. The number of nitrogens with zero attached hydrogens (tertiary/aromatic N) is 6. The molecule has 2 fully saturated rings. The lowest BCUT2D eigenvalue weighted by Gasteiger charge is -2.30. The predicted octanol–water partition coefficient (Wildman–Crippen LogP) is 2.89. The van der Waals surface area contributed by atoms with E-state index in [1.54, 1.807) is 26.1 Å². The Morgan fingerprint density at radius 3 is 2.63 bits per heavy atom. The van der Waals surface area contributed by atoms with E-state index in [0.29, 0.717) is 42.2 Å². The van der Waals surface area contributed by atoms with Crippen LogP contribution >= 0.6 is 0 Å². The number of pyridine rings is 1. The number of allylic oxidation sites excluding steroid dienone is 2. The number of hydrogen-bond donors (Lipinski definition) is 0. The molecule has 1 aromatic rings. The molecule has 2 saturated heterocycles. The maximum absolute atomic E-state index is 14.7. The van der Waals surface area contributed by atoms with Crippen LogP contribution in [0, 0.1) is 23.6 Å². The van der Waals surface area contributed by atoms with Crippen molar-refractivity contribution in [1.29, 1.82) is 0 Å². The number of halogens is 2. The van der Waals surface area contributed by atoms with Gasteiger partial charge in [-0.25, -0.2) is 18.8 Å². The number of amides is 1. The summed E-state index contributed by atoms with van der Waals surface area (Å²) in [6, 6.07) is 2.32. The molecule has 1 aromatic heterocycles. The van der Waals surface area contributed by atoms with Crippen LogP contribution in [-0.2, 0) is 4.79 Å². The molecule has 0 bridgehead atoms. The standard InChI is InChI=1S/C26H28F2N6O/c1-15-23(28)16(2)31-26(30-15)34-12-17-10-33(11-18(17)13-34)25(35)22-19(24-20(27)6-5-8-29-24)14-32-9-4-3-7-21(22)32/h3-9,14-15,17-18,21-23H,10-13H2,1-2H3/t15?,17-,18+,21?,22?,23?. The third-order valence-electron chi connectivity index (χ3n) is 7.78. The zero-order valence-electron chi connectivity index (χ0n) is 19.8. The summed E-state index contributed by atoms with van der Waals surface area (Å²) < 4.78 is 28.8. The van der Waals surface area contributed by atoms with E-state index in [9.17, 15) is 13.6 Å². The maximum atomic E-state index is 14.7. The molecule has 6 rings (SSSR count). The van der Waals surface area contributed by atoms with Crippen LogP contribution in [0.2, 0.25) is 0 Å². The van der Waals surface area contributed by atoms with Crippen molar-refractivity contribution >= 4 is 23.2 Å². The molecule has 5 aliphatic heterocycles. The van der Waals surface area contributed by atoms with Gasteiger partial charge in [-0.05, 0) is 32.1 Å². The molecule has 0 aromatic carbocycles. The summed E-state index contributed by atoms with van der Waals surface area (Å²) in [5.74, 6) is 0.271. The summed E-state index contributed by atoms with van der Waals surface area (Å²) in [5.41, 5.74) is 1.32. The van der Waals surface area contributed by atoms with Gasteiger partial charge in [-0.2, -0.15) is 0 Å². The smallest absolute Gasteiger partial charge is 0.232 e. The molecule has 4 unspecified atom stereocenters. The molecule has 182 valence electrons. The third-order valence-corrected chi connectivity index (χ3v) is 7.78. The fourth-order valence-corrected chi connectivity index (χ4v) is 5.98. The minimum absolute atomic E-state index is 0.00692. The van der Waals surface area contributed by atoms with Gasteiger partial charge in [0, 0.05) is 62.2 Å². The van der Waals surface area contributed by atoms with Crippen LogP contribution in [0.3, 0.4) is 0 Å². The minimum atomic E-state index is -1.13. The fraction of sp³-hybridized carbons (Fsp3) is 0.462. The van der Waals surface area contributed by atoms with Gasteiger partial charge < -0.3 is 14.7 Å². The number of carbonyl (C=O) groups is 1. The van der Waals surface area contributed by atoms with Crippen molar-refractivity contribution in [2.45, 2.75) is 32.1 Å². The Hall–Kier alpha value is -3.36.